The highest BCUT2D eigenvalue weighted by Crippen LogP contribution is 2.17. The SMILES string of the molecule is O=C1CN(Cc2cccc(OCCN3CCCCC3)c2)C[C@H](Cc2ccccc2)N1. The minimum Gasteiger partial charge on any atom is -0.492 e. The molecule has 4 rings (SSSR count). The second-order valence-corrected chi connectivity index (χ2v) is 8.52. The molecule has 0 aliphatic carbocycles. The van der Waals surface area contributed by atoms with Crippen LogP contribution >= 0.6 is 0 Å². The monoisotopic (exact) mass is 407 g/mol. The van der Waals surface area contributed by atoms with Crippen molar-refractivity contribution >= 4 is 5.91 Å². The minimum absolute atomic E-state index is 0.108. The lowest BCUT2D eigenvalue weighted by Crippen LogP contribution is -2.54. The Morgan fingerprint density at radius 1 is 0.933 bits per heavy atom. The van der Waals surface area contributed by atoms with Gasteiger partial charge in [-0.25, -0.2) is 0 Å². The first-order chi connectivity index (χ1) is 14.7. The van der Waals surface area contributed by atoms with Crippen LogP contribution in [0, 0.1) is 0 Å². The number of benzene rings is 2. The van der Waals surface area contributed by atoms with Gasteiger partial charge < -0.3 is 10.1 Å². The molecule has 2 aromatic carbocycles. The second kappa shape index (κ2) is 10.6. The fraction of sp³-hybridized carbons (Fsp3) is 0.480. The first kappa shape index (κ1) is 20.9. The van der Waals surface area contributed by atoms with Crippen molar-refractivity contribution in [3.05, 3.63) is 65.7 Å². The lowest BCUT2D eigenvalue weighted by atomic mass is 10.0. The Balaban J connectivity index is 1.28. The highest BCUT2D eigenvalue weighted by atomic mass is 16.5. The average molecular weight is 408 g/mol. The summed E-state index contributed by atoms with van der Waals surface area (Å²) in [5.74, 6) is 1.03. The molecule has 2 aliphatic heterocycles. The number of piperidine rings is 1. The Kier molecular flexibility index (Phi) is 7.38. The number of carbonyl (C=O) groups excluding carboxylic acids is 1. The van der Waals surface area contributed by atoms with Crippen LogP contribution in [-0.2, 0) is 17.8 Å². The van der Waals surface area contributed by atoms with E-state index in [1.165, 1.54) is 43.5 Å². The van der Waals surface area contributed by atoms with E-state index >= 15 is 0 Å². The molecular weight excluding hydrogens is 374 g/mol. The van der Waals surface area contributed by atoms with E-state index in [-0.39, 0.29) is 11.9 Å². The summed E-state index contributed by atoms with van der Waals surface area (Å²) in [5, 5.41) is 3.14. The van der Waals surface area contributed by atoms with Crippen LogP contribution < -0.4 is 10.1 Å². The molecule has 0 unspecified atom stereocenters. The van der Waals surface area contributed by atoms with Crippen molar-refractivity contribution < 1.29 is 9.53 Å². The van der Waals surface area contributed by atoms with Gasteiger partial charge in [-0.1, -0.05) is 48.9 Å². The van der Waals surface area contributed by atoms with Crippen molar-refractivity contribution in [3.8, 4) is 5.75 Å². The predicted molar refractivity (Wildman–Crippen MR) is 120 cm³/mol. The molecule has 30 heavy (non-hydrogen) atoms. The molecule has 2 fully saturated rings. The van der Waals surface area contributed by atoms with Gasteiger partial charge in [-0.05, 0) is 55.6 Å². The Bertz CT molecular complexity index is 805. The standard InChI is InChI=1S/C25H33N3O2/c29-25-20-28(19-23(26-25)16-21-8-3-1-4-9-21)18-22-10-7-11-24(17-22)30-15-14-27-12-5-2-6-13-27/h1,3-4,7-11,17,23H,2,5-6,12-16,18-20H2,(H,26,29)/t23-/m0/s1. The molecule has 0 aromatic heterocycles. The number of rotatable bonds is 8. The van der Waals surface area contributed by atoms with Gasteiger partial charge in [0, 0.05) is 25.7 Å². The molecule has 2 saturated heterocycles. The second-order valence-electron chi connectivity index (χ2n) is 8.52. The summed E-state index contributed by atoms with van der Waals surface area (Å²) in [5.41, 5.74) is 2.45. The molecule has 0 saturated carbocycles. The van der Waals surface area contributed by atoms with Crippen LogP contribution in [0.25, 0.3) is 0 Å². The molecule has 0 radical (unpaired) electrons. The van der Waals surface area contributed by atoms with Crippen molar-refractivity contribution in [2.75, 3.05) is 39.3 Å². The molecule has 5 heteroatoms. The topological polar surface area (TPSA) is 44.8 Å². The van der Waals surface area contributed by atoms with Crippen molar-refractivity contribution in [2.45, 2.75) is 38.3 Å². The summed E-state index contributed by atoms with van der Waals surface area (Å²) >= 11 is 0. The predicted octanol–water partition coefficient (Wildman–Crippen LogP) is 3.09. The molecule has 2 heterocycles. The fourth-order valence-electron chi connectivity index (χ4n) is 4.50. The van der Waals surface area contributed by atoms with Crippen molar-refractivity contribution in [1.82, 2.24) is 15.1 Å². The van der Waals surface area contributed by atoms with E-state index in [0.717, 1.165) is 38.4 Å². The molecule has 160 valence electrons. The van der Waals surface area contributed by atoms with Crippen LogP contribution in [0.4, 0.5) is 0 Å². The number of piperazine rings is 1. The summed E-state index contributed by atoms with van der Waals surface area (Å²) in [6, 6.07) is 18.8. The van der Waals surface area contributed by atoms with Gasteiger partial charge in [0.05, 0.1) is 6.54 Å². The smallest absolute Gasteiger partial charge is 0.234 e. The van der Waals surface area contributed by atoms with Crippen molar-refractivity contribution in [3.63, 3.8) is 0 Å². The van der Waals surface area contributed by atoms with Gasteiger partial charge in [0.25, 0.3) is 0 Å². The van der Waals surface area contributed by atoms with Crippen molar-refractivity contribution in [2.24, 2.45) is 0 Å². The van der Waals surface area contributed by atoms with Crippen LogP contribution in [0.5, 0.6) is 5.75 Å². The maximum Gasteiger partial charge on any atom is 0.234 e. The van der Waals surface area contributed by atoms with Gasteiger partial charge in [0.2, 0.25) is 5.91 Å². The first-order valence-electron chi connectivity index (χ1n) is 11.2. The maximum atomic E-state index is 12.2. The molecular formula is C25H33N3O2. The number of hydrogen-bond donors (Lipinski definition) is 1. The van der Waals surface area contributed by atoms with E-state index in [4.69, 9.17) is 4.74 Å². The summed E-state index contributed by atoms with van der Waals surface area (Å²) in [7, 11) is 0. The third-order valence-electron chi connectivity index (χ3n) is 5.97. The highest BCUT2D eigenvalue weighted by Gasteiger charge is 2.24. The minimum atomic E-state index is 0.108. The van der Waals surface area contributed by atoms with E-state index < -0.39 is 0 Å². The number of hydrogen-bond acceptors (Lipinski definition) is 4. The molecule has 0 bridgehead atoms. The molecule has 1 N–H and O–H groups in total. The number of carbonyl (C=O) groups is 1. The lowest BCUT2D eigenvalue weighted by molar-refractivity contribution is -0.125. The van der Waals surface area contributed by atoms with E-state index in [1.807, 2.05) is 12.1 Å². The number of nitrogens with zero attached hydrogens (tertiary/aromatic N) is 2. The maximum absolute atomic E-state index is 12.2. The van der Waals surface area contributed by atoms with Crippen LogP contribution in [0.1, 0.15) is 30.4 Å². The zero-order valence-corrected chi connectivity index (χ0v) is 17.8. The Morgan fingerprint density at radius 3 is 2.57 bits per heavy atom. The lowest BCUT2D eigenvalue weighted by Gasteiger charge is -2.33. The number of amides is 1. The van der Waals surface area contributed by atoms with Gasteiger partial charge in [-0.15, -0.1) is 0 Å². The average Bonchev–Trinajstić information content (AvgIpc) is 2.75. The van der Waals surface area contributed by atoms with E-state index in [1.54, 1.807) is 0 Å². The van der Waals surface area contributed by atoms with Gasteiger partial charge in [0.15, 0.2) is 0 Å². The Labute approximate surface area is 180 Å². The Hall–Kier alpha value is -2.37. The third-order valence-corrected chi connectivity index (χ3v) is 5.97. The zero-order valence-electron chi connectivity index (χ0n) is 17.8. The van der Waals surface area contributed by atoms with Crippen LogP contribution in [0.3, 0.4) is 0 Å². The normalized spacial score (nSPS) is 20.7. The highest BCUT2D eigenvalue weighted by molar-refractivity contribution is 5.79. The summed E-state index contributed by atoms with van der Waals surface area (Å²) in [6.07, 6.45) is 4.84. The quantitative estimate of drug-likeness (QED) is 0.730. The number of ether oxygens (including phenoxy) is 1. The van der Waals surface area contributed by atoms with Gasteiger partial charge in [-0.2, -0.15) is 0 Å². The first-order valence-corrected chi connectivity index (χ1v) is 11.2. The van der Waals surface area contributed by atoms with Crippen LogP contribution in [-0.4, -0.2) is 61.1 Å². The Morgan fingerprint density at radius 2 is 1.73 bits per heavy atom. The van der Waals surface area contributed by atoms with E-state index in [0.29, 0.717) is 6.54 Å². The van der Waals surface area contributed by atoms with Crippen LogP contribution in [0.15, 0.2) is 54.6 Å². The van der Waals surface area contributed by atoms with Crippen molar-refractivity contribution in [1.29, 1.82) is 0 Å². The third kappa shape index (κ3) is 6.31. The van der Waals surface area contributed by atoms with Gasteiger partial charge in [0.1, 0.15) is 12.4 Å². The largest absolute Gasteiger partial charge is 0.492 e. The number of likely N-dealkylation sites (tertiary alicyclic amines) is 1. The summed E-state index contributed by atoms with van der Waals surface area (Å²) < 4.78 is 6.02. The van der Waals surface area contributed by atoms with Gasteiger partial charge in [-0.3, -0.25) is 14.6 Å². The zero-order chi connectivity index (χ0) is 20.6. The van der Waals surface area contributed by atoms with Gasteiger partial charge >= 0.3 is 0 Å². The molecule has 0 spiro atoms. The molecule has 2 aromatic rings. The van der Waals surface area contributed by atoms with E-state index in [2.05, 4.69) is 57.6 Å². The number of nitrogens with one attached hydrogen (secondary N) is 1. The van der Waals surface area contributed by atoms with E-state index in [9.17, 15) is 4.79 Å². The summed E-state index contributed by atoms with van der Waals surface area (Å²) in [4.78, 5) is 17.0. The van der Waals surface area contributed by atoms with Crippen LogP contribution in [0.2, 0.25) is 0 Å². The molecule has 2 aliphatic rings. The molecule has 1 amide bonds. The summed E-state index contributed by atoms with van der Waals surface area (Å²) in [6.45, 7) is 6.20. The molecule has 1 atom stereocenters. The fourth-order valence-corrected chi connectivity index (χ4v) is 4.50. The molecule has 5 nitrogen and oxygen atoms in total.